The van der Waals surface area contributed by atoms with Crippen molar-refractivity contribution < 1.29 is 4.79 Å². The molecule has 1 fully saturated rings. The molecule has 1 aliphatic rings. The fraction of sp³-hybridized carbons (Fsp3) is 0.462. The minimum atomic E-state index is -0.0992. The van der Waals surface area contributed by atoms with E-state index in [-0.39, 0.29) is 5.91 Å². The Morgan fingerprint density at radius 3 is 2.58 bits per heavy atom. The molecular formula is C13H17Cl2N3O. The van der Waals surface area contributed by atoms with E-state index in [1.165, 1.54) is 6.42 Å². The maximum absolute atomic E-state index is 12.0. The number of rotatable bonds is 3. The molecule has 6 heteroatoms. The summed E-state index contributed by atoms with van der Waals surface area (Å²) < 4.78 is 0. The molecule has 4 nitrogen and oxygen atoms in total. The fourth-order valence-corrected chi connectivity index (χ4v) is 2.78. The van der Waals surface area contributed by atoms with Gasteiger partial charge in [0.05, 0.1) is 22.9 Å². The maximum Gasteiger partial charge on any atom is 0.238 e. The lowest BCUT2D eigenvalue weighted by Gasteiger charge is -2.25. The Morgan fingerprint density at radius 2 is 1.95 bits per heavy atom. The van der Waals surface area contributed by atoms with Crippen LogP contribution in [0.4, 0.5) is 11.4 Å². The van der Waals surface area contributed by atoms with Crippen molar-refractivity contribution in [1.82, 2.24) is 4.90 Å². The largest absolute Gasteiger partial charge is 0.397 e. The summed E-state index contributed by atoms with van der Waals surface area (Å²) in [5, 5.41) is 3.57. The summed E-state index contributed by atoms with van der Waals surface area (Å²) >= 11 is 11.9. The number of nitrogens with zero attached hydrogens (tertiary/aromatic N) is 1. The third kappa shape index (κ3) is 4.00. The van der Waals surface area contributed by atoms with Gasteiger partial charge in [0.15, 0.2) is 0 Å². The molecule has 0 aromatic heterocycles. The van der Waals surface area contributed by atoms with Gasteiger partial charge in [-0.15, -0.1) is 0 Å². The molecule has 1 saturated heterocycles. The van der Waals surface area contributed by atoms with Crippen molar-refractivity contribution in [2.75, 3.05) is 30.7 Å². The Kier molecular flexibility index (Phi) is 4.91. The number of amides is 1. The minimum absolute atomic E-state index is 0.0992. The van der Waals surface area contributed by atoms with E-state index in [0.29, 0.717) is 28.0 Å². The molecule has 0 spiro atoms. The summed E-state index contributed by atoms with van der Waals surface area (Å²) in [4.78, 5) is 14.1. The van der Waals surface area contributed by atoms with Crippen LogP contribution < -0.4 is 11.1 Å². The van der Waals surface area contributed by atoms with Gasteiger partial charge in [-0.2, -0.15) is 0 Å². The van der Waals surface area contributed by atoms with Gasteiger partial charge in [-0.25, -0.2) is 0 Å². The number of hydrogen-bond donors (Lipinski definition) is 2. The van der Waals surface area contributed by atoms with Crippen LogP contribution in [0.25, 0.3) is 0 Å². The van der Waals surface area contributed by atoms with E-state index in [1.807, 2.05) is 0 Å². The highest BCUT2D eigenvalue weighted by Gasteiger charge is 2.16. The zero-order valence-electron chi connectivity index (χ0n) is 10.6. The number of anilines is 2. The molecule has 1 aromatic carbocycles. The SMILES string of the molecule is Nc1cc(Cl)cc(Cl)c1NC(=O)CN1CCCCC1. The first kappa shape index (κ1) is 14.4. The maximum atomic E-state index is 12.0. The number of piperidine rings is 1. The first-order valence-electron chi connectivity index (χ1n) is 6.33. The molecule has 19 heavy (non-hydrogen) atoms. The average Bonchev–Trinajstić information content (AvgIpc) is 2.35. The van der Waals surface area contributed by atoms with Crippen molar-refractivity contribution in [2.24, 2.45) is 0 Å². The van der Waals surface area contributed by atoms with Crippen molar-refractivity contribution >= 4 is 40.5 Å². The molecule has 1 aromatic rings. The predicted molar refractivity (Wildman–Crippen MR) is 79.8 cm³/mol. The summed E-state index contributed by atoms with van der Waals surface area (Å²) in [6.45, 7) is 2.31. The van der Waals surface area contributed by atoms with E-state index >= 15 is 0 Å². The van der Waals surface area contributed by atoms with Crippen molar-refractivity contribution in [1.29, 1.82) is 0 Å². The van der Waals surface area contributed by atoms with E-state index in [2.05, 4.69) is 10.2 Å². The third-order valence-electron chi connectivity index (χ3n) is 3.17. The van der Waals surface area contributed by atoms with Crippen LogP contribution in [0.5, 0.6) is 0 Å². The van der Waals surface area contributed by atoms with Gasteiger partial charge in [0.1, 0.15) is 0 Å². The zero-order chi connectivity index (χ0) is 13.8. The second-order valence-electron chi connectivity index (χ2n) is 4.74. The molecule has 0 aliphatic carbocycles. The number of likely N-dealkylation sites (tertiary alicyclic amines) is 1. The van der Waals surface area contributed by atoms with Crippen molar-refractivity contribution in [2.45, 2.75) is 19.3 Å². The van der Waals surface area contributed by atoms with Crippen LogP contribution in [0.15, 0.2) is 12.1 Å². The smallest absolute Gasteiger partial charge is 0.238 e. The molecule has 0 atom stereocenters. The number of halogens is 2. The summed E-state index contributed by atoms with van der Waals surface area (Å²) in [7, 11) is 0. The number of nitrogen functional groups attached to an aromatic ring is 1. The Labute approximate surface area is 122 Å². The fourth-order valence-electron chi connectivity index (χ4n) is 2.22. The second-order valence-corrected chi connectivity index (χ2v) is 5.58. The molecule has 1 amide bonds. The number of nitrogens with one attached hydrogen (secondary N) is 1. The number of hydrogen-bond acceptors (Lipinski definition) is 3. The molecule has 104 valence electrons. The first-order valence-corrected chi connectivity index (χ1v) is 7.08. The van der Waals surface area contributed by atoms with Gasteiger partial charge in [-0.3, -0.25) is 9.69 Å². The van der Waals surface area contributed by atoms with Crippen molar-refractivity contribution in [3.05, 3.63) is 22.2 Å². The molecule has 0 unspecified atom stereocenters. The van der Waals surface area contributed by atoms with Gasteiger partial charge in [-0.1, -0.05) is 29.6 Å². The quantitative estimate of drug-likeness (QED) is 0.844. The van der Waals surface area contributed by atoms with Gasteiger partial charge < -0.3 is 11.1 Å². The second kappa shape index (κ2) is 6.46. The molecule has 1 aliphatic heterocycles. The number of benzene rings is 1. The molecular weight excluding hydrogens is 285 g/mol. The van der Waals surface area contributed by atoms with E-state index < -0.39 is 0 Å². The van der Waals surface area contributed by atoms with Crippen LogP contribution in [0.2, 0.25) is 10.0 Å². The Hall–Kier alpha value is -0.970. The number of nitrogens with two attached hydrogens (primary N) is 1. The molecule has 0 radical (unpaired) electrons. The summed E-state index contributed by atoms with van der Waals surface area (Å²) in [5.41, 5.74) is 6.62. The van der Waals surface area contributed by atoms with Crippen molar-refractivity contribution in [3.8, 4) is 0 Å². The molecule has 0 saturated carbocycles. The van der Waals surface area contributed by atoms with Gasteiger partial charge in [-0.05, 0) is 38.1 Å². The van der Waals surface area contributed by atoms with Gasteiger partial charge in [0, 0.05) is 5.02 Å². The Morgan fingerprint density at radius 1 is 1.26 bits per heavy atom. The lowest BCUT2D eigenvalue weighted by Crippen LogP contribution is -2.37. The zero-order valence-corrected chi connectivity index (χ0v) is 12.1. The van der Waals surface area contributed by atoms with E-state index in [4.69, 9.17) is 28.9 Å². The first-order chi connectivity index (χ1) is 9.06. The van der Waals surface area contributed by atoms with Gasteiger partial charge in [0.25, 0.3) is 0 Å². The minimum Gasteiger partial charge on any atom is -0.397 e. The standard InChI is InChI=1S/C13H17Cl2N3O/c14-9-6-10(15)13(11(16)7-9)17-12(19)8-18-4-2-1-3-5-18/h6-7H,1-5,8,16H2,(H,17,19). The lowest BCUT2D eigenvalue weighted by molar-refractivity contribution is -0.117. The predicted octanol–water partition coefficient (Wildman–Crippen LogP) is 3.00. The van der Waals surface area contributed by atoms with Crippen LogP contribution >= 0.6 is 23.2 Å². The van der Waals surface area contributed by atoms with Crippen LogP contribution in [-0.4, -0.2) is 30.4 Å². The number of carbonyl (C=O) groups is 1. The highest BCUT2D eigenvalue weighted by Crippen LogP contribution is 2.31. The van der Waals surface area contributed by atoms with E-state index in [0.717, 1.165) is 25.9 Å². The normalized spacial score (nSPS) is 16.3. The van der Waals surface area contributed by atoms with Crippen LogP contribution in [0.3, 0.4) is 0 Å². The van der Waals surface area contributed by atoms with E-state index in [1.54, 1.807) is 12.1 Å². The molecule has 3 N–H and O–H groups in total. The van der Waals surface area contributed by atoms with Crippen LogP contribution in [-0.2, 0) is 4.79 Å². The summed E-state index contributed by atoms with van der Waals surface area (Å²) in [6.07, 6.45) is 3.54. The molecule has 0 bridgehead atoms. The highest BCUT2D eigenvalue weighted by atomic mass is 35.5. The summed E-state index contributed by atoms with van der Waals surface area (Å²) in [6, 6.07) is 3.14. The highest BCUT2D eigenvalue weighted by molar-refractivity contribution is 6.37. The lowest BCUT2D eigenvalue weighted by atomic mass is 10.1. The van der Waals surface area contributed by atoms with Crippen LogP contribution in [0.1, 0.15) is 19.3 Å². The Balaban J connectivity index is 1.98. The third-order valence-corrected chi connectivity index (χ3v) is 3.68. The summed E-state index contributed by atoms with van der Waals surface area (Å²) in [5.74, 6) is -0.0992. The van der Waals surface area contributed by atoms with E-state index in [9.17, 15) is 4.79 Å². The number of carbonyl (C=O) groups excluding carboxylic acids is 1. The average molecular weight is 302 g/mol. The van der Waals surface area contributed by atoms with Crippen molar-refractivity contribution in [3.63, 3.8) is 0 Å². The Bertz CT molecular complexity index is 450. The molecule has 2 rings (SSSR count). The van der Waals surface area contributed by atoms with Crippen LogP contribution in [0, 0.1) is 0 Å². The molecule has 1 heterocycles. The topological polar surface area (TPSA) is 58.4 Å². The van der Waals surface area contributed by atoms with Gasteiger partial charge in [0.2, 0.25) is 5.91 Å². The monoisotopic (exact) mass is 301 g/mol. The van der Waals surface area contributed by atoms with Gasteiger partial charge >= 0.3 is 0 Å².